The van der Waals surface area contributed by atoms with Gasteiger partial charge >= 0.3 is 0 Å². The van der Waals surface area contributed by atoms with Crippen LogP contribution in [0.4, 0.5) is 0 Å². The largest absolute Gasteiger partial charge is 0.370 e. The summed E-state index contributed by atoms with van der Waals surface area (Å²) in [6.45, 7) is 7.55. The molecule has 0 aromatic heterocycles. The molecule has 0 radical (unpaired) electrons. The molecular weight excluding hydrogens is 272 g/mol. The minimum atomic E-state index is -0.138. The summed E-state index contributed by atoms with van der Waals surface area (Å²) in [6, 6.07) is 10.4. The highest BCUT2D eigenvalue weighted by Crippen LogP contribution is 2.59. The molecule has 2 saturated carbocycles. The Morgan fingerprint density at radius 1 is 1.18 bits per heavy atom. The summed E-state index contributed by atoms with van der Waals surface area (Å²) < 4.78 is 6.57. The van der Waals surface area contributed by atoms with Crippen LogP contribution in [0.25, 0.3) is 0 Å². The lowest BCUT2D eigenvalue weighted by atomic mass is 9.64. The topological polar surface area (TPSA) is 26.3 Å². The minimum absolute atomic E-state index is 0.138. The molecule has 2 aliphatic carbocycles. The zero-order chi connectivity index (χ0) is 15.8. The van der Waals surface area contributed by atoms with Crippen LogP contribution in [0.3, 0.4) is 0 Å². The van der Waals surface area contributed by atoms with Gasteiger partial charge in [-0.1, -0.05) is 51.1 Å². The van der Waals surface area contributed by atoms with Gasteiger partial charge in [0.2, 0.25) is 0 Å². The van der Waals surface area contributed by atoms with E-state index >= 15 is 0 Å². The van der Waals surface area contributed by atoms with E-state index in [4.69, 9.17) is 4.74 Å². The molecule has 1 aromatic carbocycles. The van der Waals surface area contributed by atoms with Crippen LogP contribution in [0.2, 0.25) is 0 Å². The summed E-state index contributed by atoms with van der Waals surface area (Å²) in [4.78, 5) is 12.1. The molecule has 2 nitrogen and oxygen atoms in total. The summed E-state index contributed by atoms with van der Waals surface area (Å²) in [7, 11) is 0. The number of ether oxygens (including phenoxy) is 1. The smallest absolute Gasteiger partial charge is 0.133 e. The van der Waals surface area contributed by atoms with Crippen molar-refractivity contribution in [1.82, 2.24) is 0 Å². The number of carbonyl (C=O) groups excluding carboxylic acids is 1. The first-order chi connectivity index (χ1) is 10.5. The quantitative estimate of drug-likeness (QED) is 0.801. The highest BCUT2D eigenvalue weighted by molar-refractivity contribution is 5.80. The summed E-state index contributed by atoms with van der Waals surface area (Å²) in [6.07, 6.45) is 4.80. The fourth-order valence-corrected chi connectivity index (χ4v) is 4.71. The Labute approximate surface area is 134 Å². The lowest BCUT2D eigenvalue weighted by molar-refractivity contribution is -0.148. The van der Waals surface area contributed by atoms with Gasteiger partial charge in [-0.05, 0) is 36.2 Å². The Hall–Kier alpha value is -1.15. The average molecular weight is 300 g/mol. The second kappa shape index (κ2) is 5.81. The third-order valence-corrected chi connectivity index (χ3v) is 6.25. The van der Waals surface area contributed by atoms with Crippen molar-refractivity contribution in [1.29, 1.82) is 0 Å². The van der Waals surface area contributed by atoms with Gasteiger partial charge in [-0.3, -0.25) is 4.79 Å². The first-order valence-electron chi connectivity index (χ1n) is 8.66. The third-order valence-electron chi connectivity index (χ3n) is 6.25. The van der Waals surface area contributed by atoms with Gasteiger partial charge in [0.15, 0.2) is 0 Å². The van der Waals surface area contributed by atoms with Crippen molar-refractivity contribution in [3.8, 4) is 0 Å². The summed E-state index contributed by atoms with van der Waals surface area (Å²) in [5.41, 5.74) is 1.37. The van der Waals surface area contributed by atoms with E-state index in [2.05, 4.69) is 45.0 Å². The molecule has 0 bridgehead atoms. The van der Waals surface area contributed by atoms with Gasteiger partial charge in [0.1, 0.15) is 5.78 Å². The molecule has 2 fully saturated rings. The van der Waals surface area contributed by atoms with Gasteiger partial charge in [0.05, 0.1) is 12.2 Å². The standard InChI is InChI=1S/C20H28O2/c1-15(2)20(22-14-16-7-5-4-6-8-16)12-11-19(3)10-9-17(21)13-18(19)20/h4-8,15,18H,9-14H2,1-3H3/t18-,19+,20-/m1/s1. The van der Waals surface area contributed by atoms with Crippen LogP contribution < -0.4 is 0 Å². The SMILES string of the molecule is CC(C)[C@]1(OCc2ccccc2)CC[C@]2(C)CCC(=O)C[C@H]21. The summed E-state index contributed by atoms with van der Waals surface area (Å²) in [5, 5.41) is 0. The van der Waals surface area contributed by atoms with Gasteiger partial charge in [-0.15, -0.1) is 0 Å². The number of carbonyl (C=O) groups is 1. The molecule has 1 aromatic rings. The Morgan fingerprint density at radius 2 is 1.91 bits per heavy atom. The van der Waals surface area contributed by atoms with Crippen LogP contribution in [-0.2, 0) is 16.1 Å². The van der Waals surface area contributed by atoms with E-state index in [9.17, 15) is 4.79 Å². The van der Waals surface area contributed by atoms with Gasteiger partial charge < -0.3 is 4.74 Å². The number of fused-ring (bicyclic) bond motifs is 1. The van der Waals surface area contributed by atoms with Crippen molar-refractivity contribution in [2.45, 2.75) is 65.1 Å². The maximum atomic E-state index is 12.1. The summed E-state index contributed by atoms with van der Waals surface area (Å²) in [5.74, 6) is 1.25. The molecule has 0 spiro atoms. The molecule has 2 aliphatic rings. The molecule has 2 heteroatoms. The lowest BCUT2D eigenvalue weighted by Gasteiger charge is -2.46. The van der Waals surface area contributed by atoms with Crippen molar-refractivity contribution in [2.75, 3.05) is 0 Å². The highest BCUT2D eigenvalue weighted by Gasteiger charge is 2.58. The molecule has 3 rings (SSSR count). The van der Waals surface area contributed by atoms with E-state index in [1.54, 1.807) is 0 Å². The highest BCUT2D eigenvalue weighted by atomic mass is 16.5. The van der Waals surface area contributed by atoms with Crippen molar-refractivity contribution < 1.29 is 9.53 Å². The number of Topliss-reactive ketones (excluding diaryl/α,β-unsaturated/α-hetero) is 1. The second-order valence-electron chi connectivity index (χ2n) is 7.83. The van der Waals surface area contributed by atoms with Crippen LogP contribution in [0, 0.1) is 17.3 Å². The molecule has 0 unspecified atom stereocenters. The molecule has 0 aliphatic heterocycles. The Kier molecular flexibility index (Phi) is 4.15. The first-order valence-corrected chi connectivity index (χ1v) is 8.66. The van der Waals surface area contributed by atoms with Gasteiger partial charge in [0.25, 0.3) is 0 Å². The zero-order valence-electron chi connectivity index (χ0n) is 14.1. The number of hydrogen-bond acceptors (Lipinski definition) is 2. The van der Waals surface area contributed by atoms with Crippen LogP contribution in [0.1, 0.15) is 58.4 Å². The third kappa shape index (κ3) is 2.62. The Morgan fingerprint density at radius 3 is 2.59 bits per heavy atom. The van der Waals surface area contributed by atoms with Crippen molar-refractivity contribution in [3.63, 3.8) is 0 Å². The van der Waals surface area contributed by atoms with Crippen molar-refractivity contribution in [3.05, 3.63) is 35.9 Å². The fourth-order valence-electron chi connectivity index (χ4n) is 4.71. The zero-order valence-corrected chi connectivity index (χ0v) is 14.1. The van der Waals surface area contributed by atoms with Crippen LogP contribution in [0.15, 0.2) is 30.3 Å². The van der Waals surface area contributed by atoms with Crippen LogP contribution >= 0.6 is 0 Å². The van der Waals surface area contributed by atoms with E-state index in [-0.39, 0.29) is 11.0 Å². The molecule has 0 heterocycles. The second-order valence-corrected chi connectivity index (χ2v) is 7.83. The molecule has 0 N–H and O–H groups in total. The lowest BCUT2D eigenvalue weighted by Crippen LogP contribution is -2.48. The molecule has 0 amide bonds. The Bertz CT molecular complexity index is 536. The minimum Gasteiger partial charge on any atom is -0.370 e. The van der Waals surface area contributed by atoms with Gasteiger partial charge in [-0.2, -0.15) is 0 Å². The monoisotopic (exact) mass is 300 g/mol. The number of rotatable bonds is 4. The van der Waals surface area contributed by atoms with E-state index in [1.807, 2.05) is 6.07 Å². The van der Waals surface area contributed by atoms with Gasteiger partial charge in [0, 0.05) is 18.8 Å². The molecule has 22 heavy (non-hydrogen) atoms. The van der Waals surface area contributed by atoms with E-state index in [1.165, 1.54) is 12.0 Å². The molecular formula is C20H28O2. The molecule has 0 saturated heterocycles. The summed E-state index contributed by atoms with van der Waals surface area (Å²) >= 11 is 0. The van der Waals surface area contributed by atoms with E-state index < -0.39 is 0 Å². The number of hydrogen-bond donors (Lipinski definition) is 0. The maximum absolute atomic E-state index is 12.1. The maximum Gasteiger partial charge on any atom is 0.133 e. The number of ketones is 1. The normalized spacial score (nSPS) is 34.9. The van der Waals surface area contributed by atoms with E-state index in [0.717, 1.165) is 19.3 Å². The van der Waals surface area contributed by atoms with Crippen LogP contribution in [0.5, 0.6) is 0 Å². The number of benzene rings is 1. The van der Waals surface area contributed by atoms with Gasteiger partial charge in [-0.25, -0.2) is 0 Å². The average Bonchev–Trinajstić information content (AvgIpc) is 2.81. The fraction of sp³-hybridized carbons (Fsp3) is 0.650. The van der Waals surface area contributed by atoms with E-state index in [0.29, 0.717) is 30.6 Å². The molecule has 120 valence electrons. The van der Waals surface area contributed by atoms with Crippen molar-refractivity contribution in [2.24, 2.45) is 17.3 Å². The first kappa shape index (κ1) is 15.7. The predicted molar refractivity (Wildman–Crippen MR) is 88.5 cm³/mol. The van der Waals surface area contributed by atoms with Crippen molar-refractivity contribution >= 4 is 5.78 Å². The van der Waals surface area contributed by atoms with Crippen LogP contribution in [-0.4, -0.2) is 11.4 Å². The predicted octanol–water partition coefficient (Wildman–Crippen LogP) is 4.77. The Balaban J connectivity index is 1.84. The molecule has 3 atom stereocenters.